The Balaban J connectivity index is 3.29. The van der Waals surface area contributed by atoms with Gasteiger partial charge in [-0.25, -0.2) is 8.78 Å². The van der Waals surface area contributed by atoms with Crippen molar-refractivity contribution >= 4 is 29.0 Å². The van der Waals surface area contributed by atoms with Gasteiger partial charge in [0, 0.05) is 11.1 Å². The zero-order valence-electron chi connectivity index (χ0n) is 7.81. The number of hydrogen-bond donors (Lipinski definition) is 0. The van der Waals surface area contributed by atoms with Gasteiger partial charge in [-0.05, 0) is 13.0 Å². The standard InChI is InChI=1S/C10H8Cl2F2O/c1-5(11)9(15)6-3-2-4-7(12)8(6)10(13)14/h2-5,10H,1H3. The van der Waals surface area contributed by atoms with E-state index in [4.69, 9.17) is 23.2 Å². The van der Waals surface area contributed by atoms with Gasteiger partial charge in [0.1, 0.15) is 0 Å². The number of carbonyl (C=O) groups is 1. The lowest BCUT2D eigenvalue weighted by Crippen LogP contribution is -2.13. The predicted molar refractivity (Wildman–Crippen MR) is 56.1 cm³/mol. The molecule has 0 saturated carbocycles. The summed E-state index contributed by atoms with van der Waals surface area (Å²) >= 11 is 11.2. The first-order chi connectivity index (χ1) is 6.95. The normalized spacial score (nSPS) is 12.9. The summed E-state index contributed by atoms with van der Waals surface area (Å²) in [5.41, 5.74) is -0.559. The van der Waals surface area contributed by atoms with Crippen LogP contribution in [-0.4, -0.2) is 11.2 Å². The van der Waals surface area contributed by atoms with E-state index in [2.05, 4.69) is 0 Å². The molecule has 0 N–H and O–H groups in total. The second kappa shape index (κ2) is 4.90. The lowest BCUT2D eigenvalue weighted by molar-refractivity contribution is 0.0978. The fourth-order valence-corrected chi connectivity index (χ4v) is 1.56. The van der Waals surface area contributed by atoms with Crippen LogP contribution in [0.2, 0.25) is 5.02 Å². The number of rotatable bonds is 3. The van der Waals surface area contributed by atoms with Gasteiger partial charge in [-0.15, -0.1) is 11.6 Å². The van der Waals surface area contributed by atoms with E-state index in [1.54, 1.807) is 0 Å². The molecule has 1 atom stereocenters. The van der Waals surface area contributed by atoms with Crippen molar-refractivity contribution in [2.24, 2.45) is 0 Å². The van der Waals surface area contributed by atoms with Gasteiger partial charge in [-0.1, -0.05) is 23.7 Å². The predicted octanol–water partition coefficient (Wildman–Crippen LogP) is 4.09. The number of Topliss-reactive ketones (excluding diaryl/α,β-unsaturated/α-hetero) is 1. The zero-order valence-corrected chi connectivity index (χ0v) is 9.32. The molecule has 1 rings (SSSR count). The number of alkyl halides is 3. The average Bonchev–Trinajstić information content (AvgIpc) is 2.15. The first kappa shape index (κ1) is 12.4. The Labute approximate surface area is 96.0 Å². The van der Waals surface area contributed by atoms with Crippen LogP contribution in [0.4, 0.5) is 8.78 Å². The lowest BCUT2D eigenvalue weighted by Gasteiger charge is -2.10. The molecule has 1 nitrogen and oxygen atoms in total. The summed E-state index contributed by atoms with van der Waals surface area (Å²) in [5.74, 6) is -0.547. The zero-order chi connectivity index (χ0) is 11.6. The molecule has 1 aromatic carbocycles. The van der Waals surface area contributed by atoms with Gasteiger partial charge in [-0.2, -0.15) is 0 Å². The van der Waals surface area contributed by atoms with E-state index in [0.717, 1.165) is 0 Å². The second-order valence-corrected chi connectivity index (χ2v) is 4.04. The largest absolute Gasteiger partial charge is 0.293 e. The van der Waals surface area contributed by atoms with Crippen LogP contribution in [0.25, 0.3) is 0 Å². The van der Waals surface area contributed by atoms with Crippen LogP contribution >= 0.6 is 23.2 Å². The Hall–Kier alpha value is -0.670. The Kier molecular flexibility index (Phi) is 4.05. The maximum atomic E-state index is 12.6. The summed E-state index contributed by atoms with van der Waals surface area (Å²) in [7, 11) is 0. The monoisotopic (exact) mass is 252 g/mol. The maximum Gasteiger partial charge on any atom is 0.265 e. The third-order valence-corrected chi connectivity index (χ3v) is 2.43. The molecule has 82 valence electrons. The van der Waals surface area contributed by atoms with Gasteiger partial charge in [-0.3, -0.25) is 4.79 Å². The first-order valence-electron chi connectivity index (χ1n) is 4.20. The third-order valence-electron chi connectivity index (χ3n) is 1.90. The van der Waals surface area contributed by atoms with Crippen LogP contribution in [0, 0.1) is 0 Å². The van der Waals surface area contributed by atoms with Gasteiger partial charge in [0.05, 0.1) is 10.4 Å². The molecule has 0 saturated heterocycles. The van der Waals surface area contributed by atoms with E-state index >= 15 is 0 Å². The van der Waals surface area contributed by atoms with Crippen LogP contribution in [-0.2, 0) is 0 Å². The molecule has 0 bridgehead atoms. The van der Waals surface area contributed by atoms with E-state index < -0.39 is 23.1 Å². The van der Waals surface area contributed by atoms with Crippen molar-refractivity contribution in [2.45, 2.75) is 18.7 Å². The molecule has 0 spiro atoms. The van der Waals surface area contributed by atoms with Crippen LogP contribution in [0.15, 0.2) is 18.2 Å². The van der Waals surface area contributed by atoms with Crippen molar-refractivity contribution in [2.75, 3.05) is 0 Å². The minimum atomic E-state index is -2.78. The molecule has 0 heterocycles. The van der Waals surface area contributed by atoms with Gasteiger partial charge >= 0.3 is 0 Å². The summed E-state index contributed by atoms with van der Waals surface area (Å²) in [6.07, 6.45) is -2.78. The summed E-state index contributed by atoms with van der Waals surface area (Å²) in [6.45, 7) is 1.43. The van der Waals surface area contributed by atoms with E-state index in [9.17, 15) is 13.6 Å². The topological polar surface area (TPSA) is 17.1 Å². The molecule has 0 aliphatic rings. The van der Waals surface area contributed by atoms with Crippen LogP contribution < -0.4 is 0 Å². The van der Waals surface area contributed by atoms with Gasteiger partial charge in [0.25, 0.3) is 6.43 Å². The Morgan fingerprint density at radius 1 is 1.40 bits per heavy atom. The number of ketones is 1. The SMILES string of the molecule is CC(Cl)C(=O)c1cccc(Cl)c1C(F)F. The number of carbonyl (C=O) groups excluding carboxylic acids is 1. The smallest absolute Gasteiger partial charge is 0.265 e. The first-order valence-corrected chi connectivity index (χ1v) is 5.01. The molecule has 1 aromatic rings. The van der Waals surface area contributed by atoms with Gasteiger partial charge in [0.2, 0.25) is 0 Å². The van der Waals surface area contributed by atoms with E-state index in [0.29, 0.717) is 0 Å². The highest BCUT2D eigenvalue weighted by atomic mass is 35.5. The molecule has 0 fully saturated rings. The fraction of sp³-hybridized carbons (Fsp3) is 0.300. The van der Waals surface area contributed by atoms with Crippen molar-refractivity contribution < 1.29 is 13.6 Å². The van der Waals surface area contributed by atoms with Crippen LogP contribution in [0.1, 0.15) is 29.3 Å². The molecule has 1 unspecified atom stereocenters. The molecule has 0 aliphatic heterocycles. The average molecular weight is 253 g/mol. The quantitative estimate of drug-likeness (QED) is 0.585. The van der Waals surface area contributed by atoms with E-state index in [1.165, 1.54) is 25.1 Å². The van der Waals surface area contributed by atoms with Crippen LogP contribution in [0.5, 0.6) is 0 Å². The molecule has 0 aliphatic carbocycles. The molecule has 15 heavy (non-hydrogen) atoms. The molecule has 0 aromatic heterocycles. The molecular weight excluding hydrogens is 245 g/mol. The minimum absolute atomic E-state index is 0.111. The summed E-state index contributed by atoms with van der Waals surface area (Å²) in [6, 6.07) is 4.06. The minimum Gasteiger partial charge on any atom is -0.293 e. The van der Waals surface area contributed by atoms with Gasteiger partial charge < -0.3 is 0 Å². The van der Waals surface area contributed by atoms with E-state index in [-0.39, 0.29) is 10.6 Å². The highest BCUT2D eigenvalue weighted by Crippen LogP contribution is 2.31. The second-order valence-electron chi connectivity index (χ2n) is 2.98. The van der Waals surface area contributed by atoms with Crippen molar-refractivity contribution in [1.29, 1.82) is 0 Å². The fourth-order valence-electron chi connectivity index (χ4n) is 1.19. The number of hydrogen-bond acceptors (Lipinski definition) is 1. The molecule has 5 heteroatoms. The van der Waals surface area contributed by atoms with Gasteiger partial charge in [0.15, 0.2) is 5.78 Å². The Morgan fingerprint density at radius 2 is 2.00 bits per heavy atom. The Morgan fingerprint density at radius 3 is 2.47 bits per heavy atom. The Bertz CT molecular complexity index is 378. The van der Waals surface area contributed by atoms with Crippen molar-refractivity contribution in [1.82, 2.24) is 0 Å². The molecular formula is C10H8Cl2F2O. The van der Waals surface area contributed by atoms with Crippen LogP contribution in [0.3, 0.4) is 0 Å². The van der Waals surface area contributed by atoms with Crippen molar-refractivity contribution in [3.63, 3.8) is 0 Å². The number of benzene rings is 1. The highest BCUT2D eigenvalue weighted by molar-refractivity contribution is 6.35. The summed E-state index contributed by atoms with van der Waals surface area (Å²) in [5, 5.41) is -0.964. The summed E-state index contributed by atoms with van der Waals surface area (Å²) in [4.78, 5) is 11.5. The van der Waals surface area contributed by atoms with E-state index in [1.807, 2.05) is 0 Å². The molecule has 0 amide bonds. The van der Waals surface area contributed by atoms with Crippen molar-refractivity contribution in [3.05, 3.63) is 34.3 Å². The number of halogens is 4. The third kappa shape index (κ3) is 2.67. The summed E-state index contributed by atoms with van der Waals surface area (Å²) < 4.78 is 25.3. The highest BCUT2D eigenvalue weighted by Gasteiger charge is 2.23. The van der Waals surface area contributed by atoms with Crippen molar-refractivity contribution in [3.8, 4) is 0 Å². The lowest BCUT2D eigenvalue weighted by atomic mass is 10.0. The maximum absolute atomic E-state index is 12.6. The molecule has 0 radical (unpaired) electrons.